The third kappa shape index (κ3) is 4.86. The van der Waals surface area contributed by atoms with Gasteiger partial charge in [-0.05, 0) is 35.9 Å². The lowest BCUT2D eigenvalue weighted by Gasteiger charge is -2.08. The number of halogens is 4. The monoisotopic (exact) mass is 459 g/mol. The van der Waals surface area contributed by atoms with E-state index in [1.54, 1.807) is 24.3 Å². The van der Waals surface area contributed by atoms with Crippen molar-refractivity contribution < 1.29 is 22.5 Å². The maximum absolute atomic E-state index is 12.9. The third-order valence-corrected chi connectivity index (χ3v) is 4.79. The Hall–Kier alpha value is -2.40. The molecule has 0 atom stereocenters. The molecule has 27 heavy (non-hydrogen) atoms. The molecule has 0 bridgehead atoms. The van der Waals surface area contributed by atoms with Crippen LogP contribution in [-0.2, 0) is 11.9 Å². The number of aromatic nitrogens is 2. The van der Waals surface area contributed by atoms with Crippen molar-refractivity contribution in [3.8, 4) is 11.5 Å². The number of alkyl halides is 3. The molecule has 11 heteroatoms. The molecule has 1 heterocycles. The molecule has 0 saturated carbocycles. The molecule has 3 aromatic rings. The summed E-state index contributed by atoms with van der Waals surface area (Å²) in [6, 6.07) is 9.60. The Morgan fingerprint density at radius 2 is 1.85 bits per heavy atom. The number of benzene rings is 2. The van der Waals surface area contributed by atoms with Crippen LogP contribution in [0.2, 0.25) is 0 Å². The Bertz CT molecular complexity index is 977. The maximum Gasteiger partial charge on any atom is 0.416 e. The van der Waals surface area contributed by atoms with E-state index in [-0.39, 0.29) is 22.4 Å². The molecule has 1 aromatic heterocycles. The highest BCUT2D eigenvalue weighted by atomic mass is 79.9. The fourth-order valence-corrected chi connectivity index (χ4v) is 3.11. The molecule has 0 aliphatic rings. The van der Waals surface area contributed by atoms with E-state index in [4.69, 9.17) is 4.42 Å². The number of rotatable bonds is 5. The molecule has 6 nitrogen and oxygen atoms in total. The number of thioether (sulfide) groups is 1. The van der Waals surface area contributed by atoms with Crippen molar-refractivity contribution in [2.45, 2.75) is 17.2 Å². The van der Waals surface area contributed by atoms with E-state index in [0.29, 0.717) is 11.6 Å². The predicted molar refractivity (Wildman–Crippen MR) is 95.1 cm³/mol. The largest absolute Gasteiger partial charge is 0.416 e. The molecule has 2 aromatic carbocycles. The minimum absolute atomic E-state index is 0.00668. The topological polar surface area (TPSA) is 82.1 Å². The van der Waals surface area contributed by atoms with Gasteiger partial charge >= 0.3 is 6.18 Å². The van der Waals surface area contributed by atoms with Crippen LogP contribution in [0.5, 0.6) is 0 Å². The van der Waals surface area contributed by atoms with Crippen LogP contribution in [0, 0.1) is 10.1 Å². The molecular weight excluding hydrogens is 451 g/mol. The summed E-state index contributed by atoms with van der Waals surface area (Å²) in [5.41, 5.74) is -0.882. The highest BCUT2D eigenvalue weighted by Gasteiger charge is 2.32. The summed E-state index contributed by atoms with van der Waals surface area (Å²) in [6.07, 6.45) is -4.68. The van der Waals surface area contributed by atoms with Crippen LogP contribution in [0.25, 0.3) is 11.5 Å². The first-order chi connectivity index (χ1) is 12.7. The van der Waals surface area contributed by atoms with Gasteiger partial charge in [0.15, 0.2) is 0 Å². The Morgan fingerprint density at radius 3 is 2.48 bits per heavy atom. The van der Waals surface area contributed by atoms with Crippen molar-refractivity contribution in [1.82, 2.24) is 10.2 Å². The quantitative estimate of drug-likeness (QED) is 0.275. The Labute approximate surface area is 163 Å². The van der Waals surface area contributed by atoms with Crippen LogP contribution in [0.15, 0.2) is 56.6 Å². The second kappa shape index (κ2) is 7.69. The molecule has 0 aliphatic carbocycles. The minimum Gasteiger partial charge on any atom is -0.411 e. The van der Waals surface area contributed by atoms with Gasteiger partial charge in [-0.25, -0.2) is 0 Å². The molecule has 3 rings (SSSR count). The van der Waals surface area contributed by atoms with Crippen molar-refractivity contribution in [2.24, 2.45) is 0 Å². The molecule has 0 amide bonds. The second-order valence-electron chi connectivity index (χ2n) is 5.31. The van der Waals surface area contributed by atoms with Crippen LogP contribution in [-0.4, -0.2) is 15.1 Å². The molecule has 0 unspecified atom stereocenters. The maximum atomic E-state index is 12.9. The zero-order valence-electron chi connectivity index (χ0n) is 13.2. The van der Waals surface area contributed by atoms with Gasteiger partial charge in [0.25, 0.3) is 10.9 Å². The number of hydrogen-bond acceptors (Lipinski definition) is 6. The molecule has 0 spiro atoms. The van der Waals surface area contributed by atoms with Crippen LogP contribution >= 0.6 is 27.7 Å². The number of non-ortho nitro benzene ring substituents is 1. The van der Waals surface area contributed by atoms with Gasteiger partial charge in [-0.3, -0.25) is 10.1 Å². The van der Waals surface area contributed by atoms with Gasteiger partial charge in [0.1, 0.15) is 0 Å². The average molecular weight is 460 g/mol. The van der Waals surface area contributed by atoms with Crippen LogP contribution in [0.3, 0.4) is 0 Å². The van der Waals surface area contributed by atoms with Crippen molar-refractivity contribution >= 4 is 33.4 Å². The SMILES string of the molecule is O=[N+]([O-])c1cc(CSc2nnc(-c3ccc(Br)cc3)o2)cc(C(F)(F)F)c1. The van der Waals surface area contributed by atoms with Crippen molar-refractivity contribution in [1.29, 1.82) is 0 Å². The first-order valence-electron chi connectivity index (χ1n) is 7.30. The summed E-state index contributed by atoms with van der Waals surface area (Å²) in [7, 11) is 0. The molecule has 0 radical (unpaired) electrons. The van der Waals surface area contributed by atoms with E-state index in [9.17, 15) is 23.3 Å². The summed E-state index contributed by atoms with van der Waals surface area (Å²) in [5.74, 6) is 0.271. The van der Waals surface area contributed by atoms with Crippen molar-refractivity contribution in [3.05, 3.63) is 68.2 Å². The van der Waals surface area contributed by atoms with Crippen LogP contribution in [0.1, 0.15) is 11.1 Å². The average Bonchev–Trinajstić information content (AvgIpc) is 3.08. The van der Waals surface area contributed by atoms with E-state index >= 15 is 0 Å². The molecule has 0 aliphatic heterocycles. The van der Waals surface area contributed by atoms with E-state index in [0.717, 1.165) is 28.4 Å². The van der Waals surface area contributed by atoms with Gasteiger partial charge < -0.3 is 4.42 Å². The standard InChI is InChI=1S/C16H9BrF3N3O3S/c17-12-3-1-10(2-4-12)14-21-22-15(26-14)27-8-9-5-11(16(18,19)20)7-13(6-9)23(24)25/h1-7H,8H2. The summed E-state index contributed by atoms with van der Waals surface area (Å²) >= 11 is 4.30. The summed E-state index contributed by atoms with van der Waals surface area (Å²) in [4.78, 5) is 10.0. The smallest absolute Gasteiger partial charge is 0.411 e. The van der Waals surface area contributed by atoms with Crippen molar-refractivity contribution in [2.75, 3.05) is 0 Å². The summed E-state index contributed by atoms with van der Waals surface area (Å²) in [6.45, 7) is 0. The lowest BCUT2D eigenvalue weighted by Crippen LogP contribution is -2.06. The number of nitrogens with zero attached hydrogens (tertiary/aromatic N) is 3. The fraction of sp³-hybridized carbons (Fsp3) is 0.125. The van der Waals surface area contributed by atoms with Gasteiger partial charge in [-0.2, -0.15) is 13.2 Å². The first-order valence-corrected chi connectivity index (χ1v) is 9.08. The van der Waals surface area contributed by atoms with Crippen molar-refractivity contribution in [3.63, 3.8) is 0 Å². The zero-order valence-corrected chi connectivity index (χ0v) is 15.6. The zero-order chi connectivity index (χ0) is 19.6. The van der Waals surface area contributed by atoms with Gasteiger partial charge in [-0.1, -0.05) is 27.7 Å². The van der Waals surface area contributed by atoms with E-state index in [2.05, 4.69) is 26.1 Å². The molecular formula is C16H9BrF3N3O3S. The second-order valence-corrected chi connectivity index (χ2v) is 7.15. The lowest BCUT2D eigenvalue weighted by molar-refractivity contribution is -0.385. The Balaban J connectivity index is 1.78. The van der Waals surface area contributed by atoms with Gasteiger partial charge in [0, 0.05) is 27.9 Å². The number of hydrogen-bond donors (Lipinski definition) is 0. The van der Waals surface area contributed by atoms with Gasteiger partial charge in [0.05, 0.1) is 10.5 Å². The molecule has 140 valence electrons. The minimum atomic E-state index is -4.68. The summed E-state index contributed by atoms with van der Waals surface area (Å²) < 4.78 is 45.1. The van der Waals surface area contributed by atoms with E-state index in [1.807, 2.05) is 0 Å². The van der Waals surface area contributed by atoms with Crippen LogP contribution < -0.4 is 0 Å². The molecule has 0 fully saturated rings. The molecule has 0 saturated heterocycles. The van der Waals surface area contributed by atoms with E-state index < -0.39 is 22.4 Å². The normalized spacial score (nSPS) is 11.6. The third-order valence-electron chi connectivity index (χ3n) is 3.38. The predicted octanol–water partition coefficient (Wildman–Crippen LogP) is 5.72. The van der Waals surface area contributed by atoms with Gasteiger partial charge in [-0.15, -0.1) is 10.2 Å². The summed E-state index contributed by atoms with van der Waals surface area (Å²) in [5, 5.41) is 18.8. The van der Waals surface area contributed by atoms with E-state index in [1.165, 1.54) is 0 Å². The highest BCUT2D eigenvalue weighted by Crippen LogP contribution is 2.34. The fourth-order valence-electron chi connectivity index (χ4n) is 2.15. The van der Waals surface area contributed by atoms with Crippen LogP contribution in [0.4, 0.5) is 18.9 Å². The first kappa shape index (κ1) is 19.4. The number of nitro benzene ring substituents is 1. The Kier molecular flexibility index (Phi) is 5.51. The van der Waals surface area contributed by atoms with Gasteiger partial charge in [0.2, 0.25) is 5.89 Å². The number of nitro groups is 1. The molecule has 0 N–H and O–H groups in total. The highest BCUT2D eigenvalue weighted by molar-refractivity contribution is 9.10. The lowest BCUT2D eigenvalue weighted by atomic mass is 10.1. The Morgan fingerprint density at radius 1 is 1.15 bits per heavy atom.